The predicted octanol–water partition coefficient (Wildman–Crippen LogP) is 4.82. The van der Waals surface area contributed by atoms with E-state index < -0.39 is 18.5 Å². The van der Waals surface area contributed by atoms with Crippen LogP contribution in [0.25, 0.3) is 6.08 Å². The Balaban J connectivity index is 1.43. The number of rotatable bonds is 8. The first kappa shape index (κ1) is 22.1. The van der Waals surface area contributed by atoms with Crippen molar-refractivity contribution in [1.29, 1.82) is 0 Å². The molecule has 158 valence electrons. The van der Waals surface area contributed by atoms with Crippen molar-refractivity contribution in [1.82, 2.24) is 4.98 Å². The molecule has 2 aromatic carbocycles. The summed E-state index contributed by atoms with van der Waals surface area (Å²) < 4.78 is 10.6. The molecule has 3 aromatic rings. The van der Waals surface area contributed by atoms with E-state index in [1.54, 1.807) is 36.5 Å². The van der Waals surface area contributed by atoms with E-state index >= 15 is 0 Å². The van der Waals surface area contributed by atoms with E-state index in [-0.39, 0.29) is 0 Å². The number of halogens is 1. The molecule has 1 N–H and O–H groups in total. The molecule has 0 saturated carbocycles. The Morgan fingerprint density at radius 2 is 1.90 bits per heavy atom. The minimum Gasteiger partial charge on any atom is -0.487 e. The summed E-state index contributed by atoms with van der Waals surface area (Å²) in [5, 5.41) is 3.03. The highest BCUT2D eigenvalue weighted by Crippen LogP contribution is 2.22. The maximum Gasteiger partial charge on any atom is 0.331 e. The maximum atomic E-state index is 11.9. The van der Waals surface area contributed by atoms with Crippen molar-refractivity contribution >= 4 is 35.2 Å². The number of benzene rings is 2. The number of aromatic nitrogens is 1. The van der Waals surface area contributed by atoms with Crippen LogP contribution in [0.3, 0.4) is 0 Å². The summed E-state index contributed by atoms with van der Waals surface area (Å²) in [4.78, 5) is 28.0. The number of aryl methyl sites for hydroxylation is 1. The van der Waals surface area contributed by atoms with Gasteiger partial charge < -0.3 is 14.8 Å². The monoisotopic (exact) mass is 436 g/mol. The number of nitrogens with one attached hydrogen (secondary N) is 1. The van der Waals surface area contributed by atoms with Crippen molar-refractivity contribution in [2.24, 2.45) is 0 Å². The summed E-state index contributed by atoms with van der Waals surface area (Å²) in [6.45, 7) is 1.86. The Kier molecular flexibility index (Phi) is 7.79. The summed E-state index contributed by atoms with van der Waals surface area (Å²) in [5.41, 5.74) is 3.07. The quantitative estimate of drug-likeness (QED) is 0.404. The van der Waals surface area contributed by atoms with Crippen molar-refractivity contribution < 1.29 is 19.1 Å². The first-order valence-corrected chi connectivity index (χ1v) is 9.91. The van der Waals surface area contributed by atoms with Gasteiger partial charge in [-0.05, 0) is 60.5 Å². The number of pyridine rings is 1. The van der Waals surface area contributed by atoms with Gasteiger partial charge >= 0.3 is 5.97 Å². The lowest BCUT2D eigenvalue weighted by Gasteiger charge is -2.08. The molecule has 0 aliphatic heterocycles. The minimum atomic E-state index is -0.624. The highest BCUT2D eigenvalue weighted by molar-refractivity contribution is 6.33. The summed E-state index contributed by atoms with van der Waals surface area (Å²) in [5.74, 6) is -0.403. The number of carbonyl (C=O) groups excluding carboxylic acids is 2. The lowest BCUT2D eigenvalue weighted by molar-refractivity contribution is -0.142. The Bertz CT molecular complexity index is 1070. The highest BCUT2D eigenvalue weighted by Gasteiger charge is 2.08. The van der Waals surface area contributed by atoms with Crippen LogP contribution in [0.2, 0.25) is 5.02 Å². The third-order valence-corrected chi connectivity index (χ3v) is 4.46. The molecule has 0 unspecified atom stereocenters. The van der Waals surface area contributed by atoms with Crippen molar-refractivity contribution in [2.75, 3.05) is 11.9 Å². The summed E-state index contributed by atoms with van der Waals surface area (Å²) in [6, 6.07) is 18.1. The first-order chi connectivity index (χ1) is 15.0. The Morgan fingerprint density at radius 3 is 2.61 bits per heavy atom. The molecule has 0 radical (unpaired) electrons. The van der Waals surface area contributed by atoms with Gasteiger partial charge in [-0.1, -0.05) is 35.9 Å². The molecule has 1 heterocycles. The fourth-order valence-corrected chi connectivity index (χ4v) is 2.86. The van der Waals surface area contributed by atoms with E-state index in [1.807, 2.05) is 43.3 Å². The molecule has 31 heavy (non-hydrogen) atoms. The zero-order chi connectivity index (χ0) is 22.1. The second-order valence-electron chi connectivity index (χ2n) is 6.65. The largest absolute Gasteiger partial charge is 0.487 e. The van der Waals surface area contributed by atoms with Gasteiger partial charge in [-0.15, -0.1) is 0 Å². The lowest BCUT2D eigenvalue weighted by atomic mass is 10.2. The molecule has 0 saturated heterocycles. The van der Waals surface area contributed by atoms with Crippen molar-refractivity contribution in [3.05, 3.63) is 94.8 Å². The average molecular weight is 437 g/mol. The van der Waals surface area contributed by atoms with Crippen LogP contribution in [-0.4, -0.2) is 23.5 Å². The normalized spacial score (nSPS) is 10.6. The molecule has 7 heteroatoms. The van der Waals surface area contributed by atoms with E-state index in [0.717, 1.165) is 16.8 Å². The van der Waals surface area contributed by atoms with Gasteiger partial charge in [0.15, 0.2) is 6.61 Å². The summed E-state index contributed by atoms with van der Waals surface area (Å²) in [7, 11) is 0. The Morgan fingerprint density at radius 1 is 1.10 bits per heavy atom. The van der Waals surface area contributed by atoms with Gasteiger partial charge in [0.05, 0.1) is 16.4 Å². The lowest BCUT2D eigenvalue weighted by Crippen LogP contribution is -2.20. The molecule has 0 fully saturated rings. The average Bonchev–Trinajstić information content (AvgIpc) is 2.78. The van der Waals surface area contributed by atoms with Crippen molar-refractivity contribution in [3.63, 3.8) is 0 Å². The van der Waals surface area contributed by atoms with Crippen LogP contribution in [0.4, 0.5) is 5.69 Å². The number of hydrogen-bond donors (Lipinski definition) is 1. The number of esters is 1. The zero-order valence-corrected chi connectivity index (χ0v) is 17.6. The van der Waals surface area contributed by atoms with Gasteiger partial charge in [0, 0.05) is 12.3 Å². The number of hydrogen-bond acceptors (Lipinski definition) is 5. The SMILES string of the molecule is Cc1ccc(NC(=O)COC(=O)/C=C/c2ccc(OCc3ccccn3)cc2)c(Cl)c1. The number of ether oxygens (including phenoxy) is 2. The third kappa shape index (κ3) is 7.28. The molecule has 0 spiro atoms. The summed E-state index contributed by atoms with van der Waals surface area (Å²) in [6.07, 6.45) is 4.57. The van der Waals surface area contributed by atoms with Gasteiger partial charge in [-0.3, -0.25) is 9.78 Å². The molecular weight excluding hydrogens is 416 g/mol. The van der Waals surface area contributed by atoms with Crippen LogP contribution in [-0.2, 0) is 20.9 Å². The molecule has 0 atom stereocenters. The van der Waals surface area contributed by atoms with Gasteiger partial charge in [0.1, 0.15) is 12.4 Å². The van der Waals surface area contributed by atoms with Gasteiger partial charge in [0.25, 0.3) is 5.91 Å². The molecule has 0 aliphatic carbocycles. The zero-order valence-electron chi connectivity index (χ0n) is 16.9. The third-order valence-electron chi connectivity index (χ3n) is 4.15. The topological polar surface area (TPSA) is 77.5 Å². The van der Waals surface area contributed by atoms with Crippen LogP contribution >= 0.6 is 11.6 Å². The van der Waals surface area contributed by atoms with E-state index in [1.165, 1.54) is 6.08 Å². The molecule has 6 nitrogen and oxygen atoms in total. The fraction of sp³-hybridized carbons (Fsp3) is 0.125. The molecular formula is C24H21ClN2O4. The van der Waals surface area contributed by atoms with Gasteiger partial charge in [-0.2, -0.15) is 0 Å². The van der Waals surface area contributed by atoms with E-state index in [2.05, 4.69) is 10.3 Å². The number of anilines is 1. The standard InChI is InChI=1S/C24H21ClN2O4/c1-17-5-11-22(21(25)14-17)27-23(28)16-31-24(29)12-8-18-6-9-20(10-7-18)30-15-19-4-2-3-13-26-19/h2-14H,15-16H2,1H3,(H,27,28)/b12-8+. The van der Waals surface area contributed by atoms with Crippen molar-refractivity contribution in [3.8, 4) is 5.75 Å². The van der Waals surface area contributed by atoms with Crippen LogP contribution in [0, 0.1) is 6.92 Å². The Hall–Kier alpha value is -3.64. The Labute approximate surface area is 185 Å². The molecule has 0 aliphatic rings. The molecule has 0 bridgehead atoms. The van der Waals surface area contributed by atoms with Gasteiger partial charge in [-0.25, -0.2) is 4.79 Å². The number of amides is 1. The first-order valence-electron chi connectivity index (χ1n) is 9.53. The predicted molar refractivity (Wildman–Crippen MR) is 120 cm³/mol. The fourth-order valence-electron chi connectivity index (χ4n) is 2.57. The van der Waals surface area contributed by atoms with E-state index in [9.17, 15) is 9.59 Å². The minimum absolute atomic E-state index is 0.373. The highest BCUT2D eigenvalue weighted by atomic mass is 35.5. The maximum absolute atomic E-state index is 11.9. The van der Waals surface area contributed by atoms with Crippen molar-refractivity contribution in [2.45, 2.75) is 13.5 Å². The van der Waals surface area contributed by atoms with Crippen LogP contribution in [0.1, 0.15) is 16.8 Å². The number of carbonyl (C=O) groups is 2. The van der Waals surface area contributed by atoms with Crippen LogP contribution in [0.15, 0.2) is 72.9 Å². The van der Waals surface area contributed by atoms with Crippen LogP contribution < -0.4 is 10.1 Å². The van der Waals surface area contributed by atoms with Crippen LogP contribution in [0.5, 0.6) is 5.75 Å². The molecule has 3 rings (SSSR count). The number of nitrogens with zero attached hydrogens (tertiary/aromatic N) is 1. The van der Waals surface area contributed by atoms with E-state index in [4.69, 9.17) is 21.1 Å². The summed E-state index contributed by atoms with van der Waals surface area (Å²) >= 11 is 6.07. The van der Waals surface area contributed by atoms with E-state index in [0.29, 0.717) is 23.1 Å². The molecule has 1 aromatic heterocycles. The van der Waals surface area contributed by atoms with Gasteiger partial charge in [0.2, 0.25) is 0 Å². The second kappa shape index (κ2) is 10.9. The smallest absolute Gasteiger partial charge is 0.331 e. The molecule has 1 amide bonds. The second-order valence-corrected chi connectivity index (χ2v) is 7.06.